The average Bonchev–Trinajstić information content (AvgIpc) is 2.20. The van der Waals surface area contributed by atoms with E-state index in [0.717, 1.165) is 22.6 Å². The number of benzene rings is 1. The number of ether oxygens (including phenoxy) is 1. The summed E-state index contributed by atoms with van der Waals surface area (Å²) in [6.45, 7) is 6.11. The Labute approximate surface area is 97.0 Å². The number of Topliss-reactive ketones (excluding diaryl/α,β-unsaturated/α-hetero) is 1. The SMILES string of the molecule is COc1ccc(N(C)CC(C)=O)c(C)c1C. The third-order valence-electron chi connectivity index (χ3n) is 2.80. The van der Waals surface area contributed by atoms with E-state index in [1.165, 1.54) is 0 Å². The highest BCUT2D eigenvalue weighted by Gasteiger charge is 2.10. The summed E-state index contributed by atoms with van der Waals surface area (Å²) in [7, 11) is 3.59. The first kappa shape index (κ1) is 12.6. The van der Waals surface area contributed by atoms with Crippen molar-refractivity contribution < 1.29 is 9.53 Å². The molecule has 0 saturated carbocycles. The Bertz CT molecular complexity index is 399. The second-order valence-corrected chi connectivity index (χ2v) is 4.10. The molecular weight excluding hydrogens is 202 g/mol. The normalized spacial score (nSPS) is 10.1. The molecule has 88 valence electrons. The molecule has 0 unspecified atom stereocenters. The van der Waals surface area contributed by atoms with E-state index in [1.54, 1.807) is 14.0 Å². The van der Waals surface area contributed by atoms with E-state index in [4.69, 9.17) is 4.74 Å². The van der Waals surface area contributed by atoms with E-state index in [0.29, 0.717) is 6.54 Å². The van der Waals surface area contributed by atoms with Crippen LogP contribution in [0.25, 0.3) is 0 Å². The van der Waals surface area contributed by atoms with Crippen LogP contribution in [-0.4, -0.2) is 26.5 Å². The van der Waals surface area contributed by atoms with Crippen molar-refractivity contribution in [3.63, 3.8) is 0 Å². The molecule has 0 aromatic heterocycles. The Morgan fingerprint density at radius 2 is 1.94 bits per heavy atom. The van der Waals surface area contributed by atoms with Gasteiger partial charge in [-0.05, 0) is 44.0 Å². The molecule has 0 heterocycles. The summed E-state index contributed by atoms with van der Waals surface area (Å²) in [5, 5.41) is 0. The zero-order chi connectivity index (χ0) is 12.3. The van der Waals surface area contributed by atoms with E-state index in [9.17, 15) is 4.79 Å². The molecule has 1 rings (SSSR count). The van der Waals surface area contributed by atoms with Gasteiger partial charge in [0.1, 0.15) is 11.5 Å². The van der Waals surface area contributed by atoms with Gasteiger partial charge in [-0.3, -0.25) is 4.79 Å². The molecule has 0 aliphatic rings. The first-order valence-electron chi connectivity index (χ1n) is 5.32. The van der Waals surface area contributed by atoms with E-state index in [1.807, 2.05) is 37.9 Å². The number of hydrogen-bond donors (Lipinski definition) is 0. The molecule has 0 saturated heterocycles. The molecule has 0 spiro atoms. The lowest BCUT2D eigenvalue weighted by molar-refractivity contribution is -0.115. The smallest absolute Gasteiger partial charge is 0.149 e. The standard InChI is InChI=1S/C13H19NO2/c1-9(15)8-14(4)12-6-7-13(16-5)11(3)10(12)2/h6-7H,8H2,1-5H3. The summed E-state index contributed by atoms with van der Waals surface area (Å²) >= 11 is 0. The minimum absolute atomic E-state index is 0.162. The van der Waals surface area contributed by atoms with E-state index in [2.05, 4.69) is 0 Å². The molecular formula is C13H19NO2. The molecule has 0 aliphatic heterocycles. The zero-order valence-electron chi connectivity index (χ0n) is 10.6. The van der Waals surface area contributed by atoms with Gasteiger partial charge in [0.05, 0.1) is 13.7 Å². The highest BCUT2D eigenvalue weighted by atomic mass is 16.5. The second-order valence-electron chi connectivity index (χ2n) is 4.10. The van der Waals surface area contributed by atoms with E-state index < -0.39 is 0 Å². The Morgan fingerprint density at radius 1 is 1.31 bits per heavy atom. The number of hydrogen-bond acceptors (Lipinski definition) is 3. The fraction of sp³-hybridized carbons (Fsp3) is 0.462. The summed E-state index contributed by atoms with van der Waals surface area (Å²) in [5.74, 6) is 1.05. The number of likely N-dealkylation sites (N-methyl/N-ethyl adjacent to an activating group) is 1. The molecule has 0 atom stereocenters. The molecule has 0 fully saturated rings. The fourth-order valence-electron chi connectivity index (χ4n) is 1.84. The molecule has 1 aromatic carbocycles. The summed E-state index contributed by atoms with van der Waals surface area (Å²) in [6, 6.07) is 3.93. The molecule has 0 bridgehead atoms. The predicted molar refractivity (Wildman–Crippen MR) is 66.4 cm³/mol. The van der Waals surface area contributed by atoms with Crippen LogP contribution in [-0.2, 0) is 4.79 Å². The number of nitrogens with zero attached hydrogens (tertiary/aromatic N) is 1. The topological polar surface area (TPSA) is 29.5 Å². The van der Waals surface area contributed by atoms with Gasteiger partial charge in [-0.15, -0.1) is 0 Å². The molecule has 0 aliphatic carbocycles. The minimum Gasteiger partial charge on any atom is -0.496 e. The van der Waals surface area contributed by atoms with Gasteiger partial charge in [-0.1, -0.05) is 0 Å². The first-order valence-corrected chi connectivity index (χ1v) is 5.32. The summed E-state index contributed by atoms with van der Waals surface area (Å²) in [6.07, 6.45) is 0. The molecule has 0 radical (unpaired) electrons. The van der Waals surface area contributed by atoms with Gasteiger partial charge in [-0.25, -0.2) is 0 Å². The van der Waals surface area contributed by atoms with Gasteiger partial charge in [0.25, 0.3) is 0 Å². The lowest BCUT2D eigenvalue weighted by Gasteiger charge is -2.22. The van der Waals surface area contributed by atoms with Gasteiger partial charge in [-0.2, -0.15) is 0 Å². The fourth-order valence-corrected chi connectivity index (χ4v) is 1.84. The van der Waals surface area contributed by atoms with Crippen LogP contribution in [0.4, 0.5) is 5.69 Å². The zero-order valence-corrected chi connectivity index (χ0v) is 10.6. The van der Waals surface area contributed by atoms with E-state index in [-0.39, 0.29) is 5.78 Å². The largest absolute Gasteiger partial charge is 0.496 e. The van der Waals surface area contributed by atoms with Crippen molar-refractivity contribution in [3.8, 4) is 5.75 Å². The Balaban J connectivity index is 3.06. The van der Waals surface area contributed by atoms with Gasteiger partial charge in [0.15, 0.2) is 0 Å². The Hall–Kier alpha value is -1.51. The summed E-state index contributed by atoms with van der Waals surface area (Å²) < 4.78 is 5.26. The Morgan fingerprint density at radius 3 is 2.44 bits per heavy atom. The quantitative estimate of drug-likeness (QED) is 0.781. The number of rotatable bonds is 4. The molecule has 1 aromatic rings. The number of carbonyl (C=O) groups excluding carboxylic acids is 1. The molecule has 16 heavy (non-hydrogen) atoms. The maximum Gasteiger partial charge on any atom is 0.149 e. The highest BCUT2D eigenvalue weighted by Crippen LogP contribution is 2.29. The van der Waals surface area contributed by atoms with Crippen molar-refractivity contribution in [1.29, 1.82) is 0 Å². The lowest BCUT2D eigenvalue weighted by atomic mass is 10.1. The highest BCUT2D eigenvalue weighted by molar-refractivity contribution is 5.81. The first-order chi connectivity index (χ1) is 7.47. The van der Waals surface area contributed by atoms with Crippen LogP contribution in [0.15, 0.2) is 12.1 Å². The van der Waals surface area contributed by atoms with Crippen molar-refractivity contribution in [2.75, 3.05) is 25.6 Å². The van der Waals surface area contributed by atoms with Crippen LogP contribution in [0, 0.1) is 13.8 Å². The van der Waals surface area contributed by atoms with E-state index >= 15 is 0 Å². The maximum absolute atomic E-state index is 11.1. The van der Waals surface area contributed by atoms with Crippen LogP contribution in [0.5, 0.6) is 5.75 Å². The van der Waals surface area contributed by atoms with Crippen LogP contribution in [0.2, 0.25) is 0 Å². The van der Waals surface area contributed by atoms with Crippen LogP contribution >= 0.6 is 0 Å². The predicted octanol–water partition coefficient (Wildman–Crippen LogP) is 2.34. The second kappa shape index (κ2) is 5.01. The molecule has 0 amide bonds. The number of methoxy groups -OCH3 is 1. The van der Waals surface area contributed by atoms with Crippen molar-refractivity contribution in [1.82, 2.24) is 0 Å². The van der Waals surface area contributed by atoms with Gasteiger partial charge >= 0.3 is 0 Å². The van der Waals surface area contributed by atoms with Gasteiger partial charge in [0, 0.05) is 12.7 Å². The third kappa shape index (κ3) is 2.54. The number of anilines is 1. The average molecular weight is 221 g/mol. The lowest BCUT2D eigenvalue weighted by Crippen LogP contribution is -2.24. The minimum atomic E-state index is 0.162. The Kier molecular flexibility index (Phi) is 3.93. The van der Waals surface area contributed by atoms with Crippen molar-refractivity contribution in [3.05, 3.63) is 23.3 Å². The summed E-state index contributed by atoms with van der Waals surface area (Å²) in [5.41, 5.74) is 3.35. The van der Waals surface area contributed by atoms with Crippen molar-refractivity contribution in [2.45, 2.75) is 20.8 Å². The van der Waals surface area contributed by atoms with Crippen LogP contribution in [0.1, 0.15) is 18.1 Å². The van der Waals surface area contributed by atoms with Crippen molar-refractivity contribution >= 4 is 11.5 Å². The summed E-state index contributed by atoms with van der Waals surface area (Å²) in [4.78, 5) is 13.0. The van der Waals surface area contributed by atoms with Gasteiger partial charge in [0.2, 0.25) is 0 Å². The van der Waals surface area contributed by atoms with Crippen molar-refractivity contribution in [2.24, 2.45) is 0 Å². The number of ketones is 1. The van der Waals surface area contributed by atoms with Crippen LogP contribution in [0.3, 0.4) is 0 Å². The molecule has 0 N–H and O–H groups in total. The maximum atomic E-state index is 11.1. The monoisotopic (exact) mass is 221 g/mol. The molecule has 3 nitrogen and oxygen atoms in total. The van der Waals surface area contributed by atoms with Gasteiger partial charge < -0.3 is 9.64 Å². The third-order valence-corrected chi connectivity index (χ3v) is 2.80. The van der Waals surface area contributed by atoms with Crippen LogP contribution < -0.4 is 9.64 Å². The molecule has 3 heteroatoms. The number of carbonyl (C=O) groups is 1.